The smallest absolute Gasteiger partial charge is 0.409 e. The standard InChI is InChI=1S/C21H22N6O2/c1-2-29-21(28)27-13-11-26(12-14-27)19-15-18(16-7-3-5-9-22-16)24-20(25-19)17-8-4-6-10-23-17/h3-10,15H,2,11-14H2,1H3. The molecule has 0 aromatic carbocycles. The summed E-state index contributed by atoms with van der Waals surface area (Å²) in [5, 5.41) is 0. The molecule has 1 aliphatic heterocycles. The van der Waals surface area contributed by atoms with Gasteiger partial charge in [0.2, 0.25) is 0 Å². The summed E-state index contributed by atoms with van der Waals surface area (Å²) in [5.74, 6) is 1.35. The minimum atomic E-state index is -0.266. The summed E-state index contributed by atoms with van der Waals surface area (Å²) < 4.78 is 5.10. The number of carbonyl (C=O) groups is 1. The molecule has 3 aromatic rings. The topological polar surface area (TPSA) is 84.3 Å². The first-order valence-electron chi connectivity index (χ1n) is 9.63. The summed E-state index contributed by atoms with van der Waals surface area (Å²) in [4.78, 5) is 34.1. The van der Waals surface area contributed by atoms with E-state index in [0.29, 0.717) is 44.3 Å². The molecule has 8 nitrogen and oxygen atoms in total. The number of piperazine rings is 1. The van der Waals surface area contributed by atoms with Crippen LogP contribution >= 0.6 is 0 Å². The fraction of sp³-hybridized carbons (Fsp3) is 0.286. The lowest BCUT2D eigenvalue weighted by atomic mass is 10.2. The predicted octanol–water partition coefficient (Wildman–Crippen LogP) is 2.88. The van der Waals surface area contributed by atoms with E-state index in [9.17, 15) is 4.79 Å². The summed E-state index contributed by atoms with van der Waals surface area (Å²) in [6.07, 6.45) is 3.21. The Labute approximate surface area is 169 Å². The van der Waals surface area contributed by atoms with Crippen LogP contribution in [-0.4, -0.2) is 63.7 Å². The number of amides is 1. The number of pyridine rings is 2. The number of hydrogen-bond donors (Lipinski definition) is 0. The molecule has 0 atom stereocenters. The second-order valence-corrected chi connectivity index (χ2v) is 6.54. The zero-order valence-electron chi connectivity index (χ0n) is 16.2. The zero-order valence-corrected chi connectivity index (χ0v) is 16.2. The highest BCUT2D eigenvalue weighted by molar-refractivity contribution is 5.68. The maximum Gasteiger partial charge on any atom is 0.409 e. The molecule has 0 spiro atoms. The SMILES string of the molecule is CCOC(=O)N1CCN(c2cc(-c3ccccn3)nc(-c3ccccn3)n2)CC1. The van der Waals surface area contributed by atoms with Gasteiger partial charge in [-0.1, -0.05) is 12.1 Å². The number of nitrogens with zero attached hydrogens (tertiary/aromatic N) is 6. The third-order valence-electron chi connectivity index (χ3n) is 4.66. The predicted molar refractivity (Wildman–Crippen MR) is 109 cm³/mol. The van der Waals surface area contributed by atoms with Crippen molar-refractivity contribution in [2.75, 3.05) is 37.7 Å². The molecule has 0 aliphatic carbocycles. The van der Waals surface area contributed by atoms with Crippen molar-refractivity contribution in [1.29, 1.82) is 0 Å². The van der Waals surface area contributed by atoms with Crippen LogP contribution in [-0.2, 0) is 4.74 Å². The van der Waals surface area contributed by atoms with Crippen molar-refractivity contribution in [2.24, 2.45) is 0 Å². The van der Waals surface area contributed by atoms with E-state index >= 15 is 0 Å². The molecule has 4 rings (SSSR count). The molecular weight excluding hydrogens is 368 g/mol. The Hall–Kier alpha value is -3.55. The van der Waals surface area contributed by atoms with Crippen molar-refractivity contribution >= 4 is 11.9 Å². The average molecular weight is 390 g/mol. The summed E-state index contributed by atoms with van der Waals surface area (Å²) in [5.41, 5.74) is 2.22. The lowest BCUT2D eigenvalue weighted by molar-refractivity contribution is 0.105. The molecule has 1 fully saturated rings. The molecule has 3 aromatic heterocycles. The Balaban J connectivity index is 1.64. The molecule has 1 amide bonds. The molecule has 29 heavy (non-hydrogen) atoms. The first kappa shape index (κ1) is 18.8. The van der Waals surface area contributed by atoms with E-state index in [0.717, 1.165) is 17.2 Å². The van der Waals surface area contributed by atoms with E-state index in [1.807, 2.05) is 49.4 Å². The molecule has 4 heterocycles. The van der Waals surface area contributed by atoms with Crippen molar-refractivity contribution < 1.29 is 9.53 Å². The number of hydrogen-bond acceptors (Lipinski definition) is 7. The van der Waals surface area contributed by atoms with Crippen molar-refractivity contribution in [3.05, 3.63) is 54.9 Å². The summed E-state index contributed by atoms with van der Waals surface area (Å²) >= 11 is 0. The molecule has 148 valence electrons. The summed E-state index contributed by atoms with van der Waals surface area (Å²) in [6, 6.07) is 13.3. The summed E-state index contributed by atoms with van der Waals surface area (Å²) in [7, 11) is 0. The van der Waals surface area contributed by atoms with Gasteiger partial charge in [0, 0.05) is 44.6 Å². The lowest BCUT2D eigenvalue weighted by Crippen LogP contribution is -2.49. The number of rotatable bonds is 4. The second kappa shape index (κ2) is 8.64. The van der Waals surface area contributed by atoms with Gasteiger partial charge < -0.3 is 14.5 Å². The first-order chi connectivity index (χ1) is 14.2. The van der Waals surface area contributed by atoms with Crippen molar-refractivity contribution in [2.45, 2.75) is 6.92 Å². The normalized spacial score (nSPS) is 14.0. The van der Waals surface area contributed by atoms with E-state index in [-0.39, 0.29) is 6.09 Å². The van der Waals surface area contributed by atoms with E-state index in [1.54, 1.807) is 17.3 Å². The van der Waals surface area contributed by atoms with Gasteiger partial charge in [0.05, 0.1) is 18.0 Å². The maximum absolute atomic E-state index is 12.0. The van der Waals surface area contributed by atoms with Crippen molar-refractivity contribution in [1.82, 2.24) is 24.8 Å². The van der Waals surface area contributed by atoms with Crippen LogP contribution in [0.3, 0.4) is 0 Å². The number of ether oxygens (including phenoxy) is 1. The van der Waals surface area contributed by atoms with Crippen LogP contribution in [0.25, 0.3) is 22.9 Å². The van der Waals surface area contributed by atoms with Crippen LogP contribution in [0, 0.1) is 0 Å². The minimum absolute atomic E-state index is 0.266. The first-order valence-corrected chi connectivity index (χ1v) is 9.63. The van der Waals surface area contributed by atoms with E-state index in [4.69, 9.17) is 9.72 Å². The molecule has 0 N–H and O–H groups in total. The molecule has 0 unspecified atom stereocenters. The third-order valence-corrected chi connectivity index (χ3v) is 4.66. The van der Waals surface area contributed by atoms with Crippen LogP contribution in [0.4, 0.5) is 10.6 Å². The number of anilines is 1. The van der Waals surface area contributed by atoms with Crippen molar-refractivity contribution in [3.63, 3.8) is 0 Å². The highest BCUT2D eigenvalue weighted by Crippen LogP contribution is 2.25. The Kier molecular flexibility index (Phi) is 5.60. The van der Waals surface area contributed by atoms with Gasteiger partial charge in [0.1, 0.15) is 11.5 Å². The van der Waals surface area contributed by atoms with Crippen LogP contribution in [0.2, 0.25) is 0 Å². The monoisotopic (exact) mass is 390 g/mol. The third kappa shape index (κ3) is 4.31. The van der Waals surface area contributed by atoms with Gasteiger partial charge in [0.15, 0.2) is 5.82 Å². The molecule has 1 aliphatic rings. The van der Waals surface area contributed by atoms with Crippen LogP contribution < -0.4 is 4.90 Å². The van der Waals surface area contributed by atoms with E-state index < -0.39 is 0 Å². The molecular formula is C21H22N6O2. The number of carbonyl (C=O) groups excluding carboxylic acids is 1. The van der Waals surface area contributed by atoms with Gasteiger partial charge in [0.25, 0.3) is 0 Å². The van der Waals surface area contributed by atoms with Gasteiger partial charge >= 0.3 is 6.09 Å². The van der Waals surface area contributed by atoms with Gasteiger partial charge in [-0.2, -0.15) is 0 Å². The minimum Gasteiger partial charge on any atom is -0.450 e. The lowest BCUT2D eigenvalue weighted by Gasteiger charge is -2.34. The fourth-order valence-electron chi connectivity index (χ4n) is 3.18. The second-order valence-electron chi connectivity index (χ2n) is 6.54. The fourth-order valence-corrected chi connectivity index (χ4v) is 3.18. The van der Waals surface area contributed by atoms with Crippen LogP contribution in [0.5, 0.6) is 0 Å². The Bertz CT molecular complexity index is 902. The van der Waals surface area contributed by atoms with Crippen LogP contribution in [0.15, 0.2) is 54.9 Å². The van der Waals surface area contributed by atoms with Gasteiger partial charge in [-0.25, -0.2) is 14.8 Å². The molecule has 0 saturated carbocycles. The summed E-state index contributed by atoms with van der Waals surface area (Å²) in [6.45, 7) is 4.69. The number of aromatic nitrogens is 4. The van der Waals surface area contributed by atoms with E-state index in [1.165, 1.54) is 0 Å². The van der Waals surface area contributed by atoms with Gasteiger partial charge in [-0.3, -0.25) is 9.97 Å². The highest BCUT2D eigenvalue weighted by atomic mass is 16.6. The van der Waals surface area contributed by atoms with E-state index in [2.05, 4.69) is 19.9 Å². The quantitative estimate of drug-likeness (QED) is 0.677. The van der Waals surface area contributed by atoms with Gasteiger partial charge in [-0.05, 0) is 31.2 Å². The molecule has 0 radical (unpaired) electrons. The Morgan fingerprint density at radius 1 is 0.931 bits per heavy atom. The molecule has 0 bridgehead atoms. The zero-order chi connectivity index (χ0) is 20.1. The largest absolute Gasteiger partial charge is 0.450 e. The molecule has 1 saturated heterocycles. The Morgan fingerprint density at radius 3 is 2.24 bits per heavy atom. The van der Waals surface area contributed by atoms with Crippen molar-refractivity contribution in [3.8, 4) is 22.9 Å². The maximum atomic E-state index is 12.0. The molecule has 8 heteroatoms. The highest BCUT2D eigenvalue weighted by Gasteiger charge is 2.24. The Morgan fingerprint density at radius 2 is 1.62 bits per heavy atom. The van der Waals surface area contributed by atoms with Gasteiger partial charge in [-0.15, -0.1) is 0 Å². The average Bonchev–Trinajstić information content (AvgIpc) is 2.80. The van der Waals surface area contributed by atoms with Crippen LogP contribution in [0.1, 0.15) is 6.92 Å².